The Balaban J connectivity index is 3.37. The Labute approximate surface area is 206 Å². The maximum atomic E-state index is 13.9. The number of benzene rings is 1. The van der Waals surface area contributed by atoms with Crippen LogP contribution in [0, 0.1) is 12.8 Å². The van der Waals surface area contributed by atoms with Gasteiger partial charge in [0.25, 0.3) is 0 Å². The summed E-state index contributed by atoms with van der Waals surface area (Å²) in [5.41, 5.74) is 1.15. The maximum absolute atomic E-state index is 13.9. The average Bonchev–Trinajstić information content (AvgIpc) is 2.76. The molecule has 192 valence electrons. The Hall–Kier alpha value is -2.57. The van der Waals surface area contributed by atoms with Crippen molar-refractivity contribution in [2.45, 2.75) is 98.8 Å². The minimum Gasteiger partial charge on any atom is -0.444 e. The van der Waals surface area contributed by atoms with Crippen molar-refractivity contribution in [1.82, 2.24) is 15.5 Å². The molecule has 0 radical (unpaired) electrons. The molecule has 0 saturated carbocycles. The molecule has 3 amide bonds. The number of nitrogens with zero attached hydrogens (tertiary/aromatic N) is 1. The van der Waals surface area contributed by atoms with Crippen molar-refractivity contribution < 1.29 is 19.1 Å². The first kappa shape index (κ1) is 29.5. The highest BCUT2D eigenvalue weighted by Gasteiger charge is 2.37. The molecule has 0 saturated heterocycles. The second-order valence-electron chi connectivity index (χ2n) is 10.00. The highest BCUT2D eigenvalue weighted by molar-refractivity contribution is 5.92. The van der Waals surface area contributed by atoms with Crippen LogP contribution in [-0.2, 0) is 14.3 Å². The number of amides is 3. The molecule has 3 unspecified atom stereocenters. The smallest absolute Gasteiger partial charge is 0.408 e. The van der Waals surface area contributed by atoms with Crippen LogP contribution in [0.4, 0.5) is 4.79 Å². The van der Waals surface area contributed by atoms with Crippen molar-refractivity contribution in [1.29, 1.82) is 0 Å². The van der Waals surface area contributed by atoms with E-state index < -0.39 is 23.8 Å². The lowest BCUT2D eigenvalue weighted by atomic mass is 9.95. The third kappa shape index (κ3) is 9.35. The molecule has 0 heterocycles. The Bertz CT molecular complexity index is 786. The lowest BCUT2D eigenvalue weighted by Gasteiger charge is -2.36. The standard InChI is InChI=1S/C27H45N3O4/c1-9-12-17-28-24(31)23(21-15-13-19(4)14-16-21)30(18-10-2)25(32)22(20(5)11-3)29-26(33)34-27(6,7)8/h13-16,20,22-23H,9-12,17-18H2,1-8H3,(H,28,31)(H,29,33). The SMILES string of the molecule is CCCCNC(=O)C(c1ccc(C)cc1)N(CCC)C(=O)C(NC(=O)OC(C)(C)C)C(C)CC. The lowest BCUT2D eigenvalue weighted by molar-refractivity contribution is -0.143. The largest absolute Gasteiger partial charge is 0.444 e. The first-order chi connectivity index (χ1) is 15.9. The van der Waals surface area contributed by atoms with E-state index in [2.05, 4.69) is 17.6 Å². The molecule has 7 nitrogen and oxygen atoms in total. The van der Waals surface area contributed by atoms with Crippen LogP contribution in [0.2, 0.25) is 0 Å². The van der Waals surface area contributed by atoms with Gasteiger partial charge < -0.3 is 20.3 Å². The summed E-state index contributed by atoms with van der Waals surface area (Å²) in [5.74, 6) is -0.626. The van der Waals surface area contributed by atoms with Crippen molar-refractivity contribution in [2.75, 3.05) is 13.1 Å². The summed E-state index contributed by atoms with van der Waals surface area (Å²) in [6, 6.07) is 6.10. The van der Waals surface area contributed by atoms with Gasteiger partial charge in [-0.1, -0.05) is 70.4 Å². The van der Waals surface area contributed by atoms with Crippen LogP contribution in [0.25, 0.3) is 0 Å². The zero-order valence-corrected chi connectivity index (χ0v) is 22.4. The second kappa shape index (κ2) is 14.0. The van der Waals surface area contributed by atoms with E-state index in [-0.39, 0.29) is 17.7 Å². The van der Waals surface area contributed by atoms with Gasteiger partial charge in [-0.05, 0) is 52.0 Å². The highest BCUT2D eigenvalue weighted by Crippen LogP contribution is 2.25. The summed E-state index contributed by atoms with van der Waals surface area (Å²) in [6.45, 7) is 16.2. The topological polar surface area (TPSA) is 87.7 Å². The van der Waals surface area contributed by atoms with Crippen LogP contribution in [0.5, 0.6) is 0 Å². The van der Waals surface area contributed by atoms with Gasteiger partial charge in [-0.2, -0.15) is 0 Å². The van der Waals surface area contributed by atoms with Gasteiger partial charge in [0.15, 0.2) is 0 Å². The molecule has 0 aliphatic rings. The predicted octanol–water partition coefficient (Wildman–Crippen LogP) is 5.13. The molecule has 34 heavy (non-hydrogen) atoms. The molecule has 1 rings (SSSR count). The summed E-state index contributed by atoms with van der Waals surface area (Å²) < 4.78 is 5.42. The summed E-state index contributed by atoms with van der Waals surface area (Å²) in [5, 5.41) is 5.79. The van der Waals surface area contributed by atoms with Gasteiger partial charge in [-0.25, -0.2) is 4.79 Å². The van der Waals surface area contributed by atoms with E-state index in [9.17, 15) is 14.4 Å². The third-order valence-electron chi connectivity index (χ3n) is 5.68. The van der Waals surface area contributed by atoms with E-state index in [1.807, 2.05) is 52.0 Å². The summed E-state index contributed by atoms with van der Waals surface area (Å²) >= 11 is 0. The fraction of sp³-hybridized carbons (Fsp3) is 0.667. The molecule has 1 aromatic carbocycles. The minimum absolute atomic E-state index is 0.138. The normalized spacial score (nSPS) is 14.0. The van der Waals surface area contributed by atoms with Crippen molar-refractivity contribution in [3.63, 3.8) is 0 Å². The van der Waals surface area contributed by atoms with Gasteiger partial charge in [0.05, 0.1) is 0 Å². The molecular weight excluding hydrogens is 430 g/mol. The molecule has 0 aromatic heterocycles. The van der Waals surface area contributed by atoms with Crippen molar-refractivity contribution in [3.8, 4) is 0 Å². The predicted molar refractivity (Wildman–Crippen MR) is 136 cm³/mol. The Morgan fingerprint density at radius 3 is 2.15 bits per heavy atom. The number of carbonyl (C=O) groups is 3. The second-order valence-corrected chi connectivity index (χ2v) is 10.00. The first-order valence-corrected chi connectivity index (χ1v) is 12.6. The molecule has 0 aliphatic heterocycles. The first-order valence-electron chi connectivity index (χ1n) is 12.6. The van der Waals surface area contributed by atoms with Gasteiger partial charge in [0, 0.05) is 13.1 Å². The van der Waals surface area contributed by atoms with Crippen LogP contribution in [0.15, 0.2) is 24.3 Å². The van der Waals surface area contributed by atoms with Crippen LogP contribution >= 0.6 is 0 Å². The number of ether oxygens (including phenoxy) is 1. The van der Waals surface area contributed by atoms with Crippen LogP contribution in [0.3, 0.4) is 0 Å². The van der Waals surface area contributed by atoms with E-state index in [1.54, 1.807) is 25.7 Å². The summed E-state index contributed by atoms with van der Waals surface area (Å²) in [6.07, 6.45) is 2.55. The summed E-state index contributed by atoms with van der Waals surface area (Å²) in [4.78, 5) is 41.5. The van der Waals surface area contributed by atoms with Gasteiger partial charge in [-0.3, -0.25) is 9.59 Å². The van der Waals surface area contributed by atoms with Crippen LogP contribution in [-0.4, -0.2) is 47.5 Å². The fourth-order valence-electron chi connectivity index (χ4n) is 3.61. The monoisotopic (exact) mass is 475 g/mol. The average molecular weight is 476 g/mol. The van der Waals surface area contributed by atoms with Crippen LogP contribution < -0.4 is 10.6 Å². The highest BCUT2D eigenvalue weighted by atomic mass is 16.6. The van der Waals surface area contributed by atoms with E-state index in [0.717, 1.165) is 24.0 Å². The number of alkyl carbamates (subject to hydrolysis) is 1. The number of hydrogen-bond acceptors (Lipinski definition) is 4. The zero-order chi connectivity index (χ0) is 25.9. The Morgan fingerprint density at radius 1 is 1.03 bits per heavy atom. The molecule has 7 heteroatoms. The van der Waals surface area contributed by atoms with Gasteiger partial charge in [0.2, 0.25) is 11.8 Å². The third-order valence-corrected chi connectivity index (χ3v) is 5.68. The summed E-state index contributed by atoms with van der Waals surface area (Å²) in [7, 11) is 0. The molecule has 0 bridgehead atoms. The molecular formula is C27H45N3O4. The zero-order valence-electron chi connectivity index (χ0n) is 22.4. The lowest BCUT2D eigenvalue weighted by Crippen LogP contribution is -2.55. The molecule has 0 fully saturated rings. The van der Waals surface area contributed by atoms with Gasteiger partial charge in [-0.15, -0.1) is 0 Å². The van der Waals surface area contributed by atoms with E-state index in [1.165, 1.54) is 0 Å². The van der Waals surface area contributed by atoms with E-state index >= 15 is 0 Å². The van der Waals surface area contributed by atoms with Crippen molar-refractivity contribution in [3.05, 3.63) is 35.4 Å². The Kier molecular flexibility index (Phi) is 12.1. The quantitative estimate of drug-likeness (QED) is 0.410. The maximum Gasteiger partial charge on any atom is 0.408 e. The minimum atomic E-state index is -0.803. The number of unbranched alkanes of at least 4 members (excludes halogenated alkanes) is 1. The molecule has 3 atom stereocenters. The molecule has 0 spiro atoms. The number of nitrogens with one attached hydrogen (secondary N) is 2. The van der Waals surface area contributed by atoms with Crippen molar-refractivity contribution >= 4 is 17.9 Å². The molecule has 2 N–H and O–H groups in total. The molecule has 1 aromatic rings. The van der Waals surface area contributed by atoms with Gasteiger partial charge in [0.1, 0.15) is 17.7 Å². The number of carbonyl (C=O) groups excluding carboxylic acids is 3. The Morgan fingerprint density at radius 2 is 1.65 bits per heavy atom. The fourth-order valence-corrected chi connectivity index (χ4v) is 3.61. The number of aryl methyl sites for hydroxylation is 1. The number of rotatable bonds is 12. The molecule has 0 aliphatic carbocycles. The van der Waals surface area contributed by atoms with Crippen LogP contribution in [0.1, 0.15) is 91.3 Å². The van der Waals surface area contributed by atoms with Gasteiger partial charge >= 0.3 is 6.09 Å². The van der Waals surface area contributed by atoms with E-state index in [0.29, 0.717) is 25.9 Å². The van der Waals surface area contributed by atoms with E-state index in [4.69, 9.17) is 4.74 Å². The van der Waals surface area contributed by atoms with Crippen molar-refractivity contribution in [2.24, 2.45) is 5.92 Å². The number of hydrogen-bond donors (Lipinski definition) is 2.